The summed E-state index contributed by atoms with van der Waals surface area (Å²) in [5, 5.41) is 5.06. The van der Waals surface area contributed by atoms with Gasteiger partial charge in [0.15, 0.2) is 5.78 Å². The van der Waals surface area contributed by atoms with E-state index in [-0.39, 0.29) is 39.0 Å². The molecule has 0 aromatic rings. The summed E-state index contributed by atoms with van der Waals surface area (Å²) >= 11 is 0. The van der Waals surface area contributed by atoms with Crippen molar-refractivity contribution < 1.29 is 22.8 Å². The molecule has 2 amide bonds. The van der Waals surface area contributed by atoms with Crippen LogP contribution in [0.25, 0.3) is 0 Å². The van der Waals surface area contributed by atoms with Crippen LogP contribution in [0.2, 0.25) is 0 Å². The lowest BCUT2D eigenvalue weighted by Gasteiger charge is -2.72. The summed E-state index contributed by atoms with van der Waals surface area (Å²) in [5.41, 5.74) is 2.80. The topological polar surface area (TPSA) is 58.2 Å². The molecular weight excluding hydrogens is 525 g/mol. The highest BCUT2D eigenvalue weighted by Crippen LogP contribution is 2.76. The van der Waals surface area contributed by atoms with Crippen LogP contribution >= 0.6 is 0 Å². The van der Waals surface area contributed by atoms with Crippen molar-refractivity contribution in [1.29, 1.82) is 0 Å². The van der Waals surface area contributed by atoms with Crippen LogP contribution in [0.4, 0.5) is 18.0 Å². The zero-order valence-corrected chi connectivity index (χ0v) is 26.8. The van der Waals surface area contributed by atoms with Gasteiger partial charge in [0.25, 0.3) is 0 Å². The smallest absolute Gasteiger partial charge is 0.335 e. The van der Waals surface area contributed by atoms with Crippen molar-refractivity contribution in [2.75, 3.05) is 0 Å². The van der Waals surface area contributed by atoms with E-state index in [0.717, 1.165) is 63.9 Å². The Morgan fingerprint density at radius 3 is 2.12 bits per heavy atom. The fourth-order valence-electron chi connectivity index (χ4n) is 11.6. The van der Waals surface area contributed by atoms with Crippen LogP contribution in [-0.2, 0) is 4.79 Å². The summed E-state index contributed by atoms with van der Waals surface area (Å²) < 4.78 is 39.2. The molecule has 41 heavy (non-hydrogen) atoms. The normalized spacial score (nSPS) is 44.5. The average Bonchev–Trinajstić information content (AvgIpc) is 3.11. The summed E-state index contributed by atoms with van der Waals surface area (Å²) in [6.45, 7) is 19.7. The molecule has 0 aromatic heterocycles. The lowest BCUT2D eigenvalue weighted by molar-refractivity contribution is -0.215. The number of urea groups is 1. The highest BCUT2D eigenvalue weighted by molar-refractivity contribution is 6.00. The number of Topliss-reactive ketones (excluding diaryl/α,β-unsaturated/α-hetero) is 1. The Labute approximate surface area is 245 Å². The number of carbonyl (C=O) groups excluding carboxylic acids is 2. The molecule has 232 valence electrons. The zero-order valence-electron chi connectivity index (χ0n) is 26.8. The average molecular weight is 579 g/mol. The zero-order chi connectivity index (χ0) is 30.6. The van der Waals surface area contributed by atoms with Gasteiger partial charge in [-0.25, -0.2) is 4.79 Å². The van der Waals surface area contributed by atoms with Crippen molar-refractivity contribution >= 4 is 11.8 Å². The van der Waals surface area contributed by atoms with Gasteiger partial charge in [-0.2, -0.15) is 13.2 Å². The van der Waals surface area contributed by atoms with Gasteiger partial charge in [0.05, 0.1) is 0 Å². The molecule has 5 rings (SSSR count). The van der Waals surface area contributed by atoms with Gasteiger partial charge in [0.2, 0.25) is 0 Å². The van der Waals surface area contributed by atoms with Gasteiger partial charge in [-0.3, -0.25) is 4.79 Å². The quantitative estimate of drug-likeness (QED) is 0.352. The molecule has 4 saturated carbocycles. The summed E-state index contributed by atoms with van der Waals surface area (Å²) in [5.74, 6) is 2.02. The van der Waals surface area contributed by atoms with Gasteiger partial charge in [-0.15, -0.1) is 0 Å². The van der Waals surface area contributed by atoms with Gasteiger partial charge in [-0.1, -0.05) is 61.0 Å². The predicted octanol–water partition coefficient (Wildman–Crippen LogP) is 8.61. The number of hydrogen-bond acceptors (Lipinski definition) is 2. The number of allylic oxidation sites excluding steroid dienone is 2. The van der Waals surface area contributed by atoms with Gasteiger partial charge in [0.1, 0.15) is 6.04 Å². The minimum absolute atomic E-state index is 0.0149. The van der Waals surface area contributed by atoms with Gasteiger partial charge in [0, 0.05) is 12.5 Å². The Kier molecular flexibility index (Phi) is 7.15. The molecule has 4 fully saturated rings. The van der Waals surface area contributed by atoms with Crippen molar-refractivity contribution in [3.63, 3.8) is 0 Å². The van der Waals surface area contributed by atoms with E-state index in [1.165, 1.54) is 5.57 Å². The molecule has 0 aromatic carbocycles. The van der Waals surface area contributed by atoms with Crippen molar-refractivity contribution in [1.82, 2.24) is 10.6 Å². The summed E-state index contributed by atoms with van der Waals surface area (Å²) in [4.78, 5) is 25.9. The van der Waals surface area contributed by atoms with E-state index in [1.54, 1.807) is 0 Å². The predicted molar refractivity (Wildman–Crippen MR) is 156 cm³/mol. The fraction of sp³-hybridized carbons (Fsp3) is 0.882. The van der Waals surface area contributed by atoms with E-state index in [4.69, 9.17) is 0 Å². The van der Waals surface area contributed by atoms with Gasteiger partial charge < -0.3 is 10.6 Å². The first-order valence-corrected chi connectivity index (χ1v) is 16.1. The highest BCUT2D eigenvalue weighted by Gasteiger charge is 2.69. The third-order valence-corrected chi connectivity index (χ3v) is 14.0. The van der Waals surface area contributed by atoms with Crippen LogP contribution in [0.15, 0.2) is 11.1 Å². The molecule has 9 atom stereocenters. The minimum atomic E-state index is -4.46. The second kappa shape index (κ2) is 9.48. The SMILES string of the molecule is CC(C)C1=C2[C@H]3CC[C@@H]4[C@@]5(C)CCC(NC(=O)N[C@H](C)C(F)(F)F)C(C)(C)[C@@H]5CC[C@@]4(C)[C@]3(C)CC[C@@]2(C)CC1=O. The van der Waals surface area contributed by atoms with Crippen LogP contribution in [0.5, 0.6) is 0 Å². The maximum atomic E-state index is 13.3. The third-order valence-electron chi connectivity index (χ3n) is 14.0. The molecule has 2 N–H and O–H groups in total. The van der Waals surface area contributed by atoms with Crippen molar-refractivity contribution in [2.24, 2.45) is 50.7 Å². The second-order valence-electron chi connectivity index (χ2n) is 16.6. The molecule has 5 aliphatic rings. The van der Waals surface area contributed by atoms with E-state index in [1.807, 2.05) is 0 Å². The van der Waals surface area contributed by atoms with Crippen LogP contribution < -0.4 is 10.6 Å². The Hall–Kier alpha value is -1.53. The Bertz CT molecular complexity index is 1140. The molecule has 7 heteroatoms. The summed E-state index contributed by atoms with van der Waals surface area (Å²) in [6, 6.07) is -2.78. The van der Waals surface area contributed by atoms with Gasteiger partial charge in [-0.05, 0) is 115 Å². The summed E-state index contributed by atoms with van der Waals surface area (Å²) in [6.07, 6.45) is 4.67. The number of ketones is 1. The van der Waals surface area contributed by atoms with E-state index >= 15 is 0 Å². The van der Waals surface area contributed by atoms with E-state index in [9.17, 15) is 22.8 Å². The first-order chi connectivity index (χ1) is 18.7. The molecular formula is C34H53F3N2O2. The van der Waals surface area contributed by atoms with E-state index in [2.05, 4.69) is 66.0 Å². The lowest BCUT2D eigenvalue weighted by Crippen LogP contribution is -2.67. The lowest BCUT2D eigenvalue weighted by atomic mass is 9.33. The number of halogens is 3. The van der Waals surface area contributed by atoms with E-state index < -0.39 is 18.2 Å². The number of amides is 2. The maximum Gasteiger partial charge on any atom is 0.408 e. The molecule has 0 aliphatic heterocycles. The first-order valence-electron chi connectivity index (χ1n) is 16.1. The Morgan fingerprint density at radius 1 is 0.854 bits per heavy atom. The monoisotopic (exact) mass is 578 g/mol. The molecule has 0 spiro atoms. The summed E-state index contributed by atoms with van der Waals surface area (Å²) in [7, 11) is 0. The number of fused-ring (bicyclic) bond motifs is 7. The van der Waals surface area contributed by atoms with Crippen LogP contribution in [0.3, 0.4) is 0 Å². The standard InChI is InChI=1S/C34H53F3N2O2/c1-19(2)26-22(40)18-30(6)16-17-32(8)21(27(26)30)10-11-24-31(7)14-13-25(39-28(41)38-20(3)34(35,36)37)29(4,5)23(31)12-15-33(24,32)9/h19-21,23-25H,10-18H2,1-9H3,(H2,38,39,41)/t20-,21-,23+,24-,25?,30+,31+,32-,33-/m1/s1. The fourth-order valence-corrected chi connectivity index (χ4v) is 11.6. The molecule has 0 heterocycles. The van der Waals surface area contributed by atoms with E-state index in [0.29, 0.717) is 30.0 Å². The second-order valence-corrected chi connectivity index (χ2v) is 16.6. The Balaban J connectivity index is 1.42. The number of hydrogen-bond donors (Lipinski definition) is 2. The third kappa shape index (κ3) is 4.35. The van der Waals surface area contributed by atoms with Crippen molar-refractivity contribution in [3.8, 4) is 0 Å². The highest BCUT2D eigenvalue weighted by atomic mass is 19.4. The number of carbonyl (C=O) groups is 2. The number of nitrogens with one attached hydrogen (secondary N) is 2. The maximum absolute atomic E-state index is 13.3. The van der Waals surface area contributed by atoms with Crippen LogP contribution in [0, 0.1) is 50.7 Å². The number of alkyl halides is 3. The molecule has 0 bridgehead atoms. The molecule has 4 nitrogen and oxygen atoms in total. The van der Waals surface area contributed by atoms with Crippen molar-refractivity contribution in [2.45, 2.75) is 138 Å². The van der Waals surface area contributed by atoms with Gasteiger partial charge >= 0.3 is 12.2 Å². The molecule has 1 unspecified atom stereocenters. The largest absolute Gasteiger partial charge is 0.408 e. The first kappa shape index (κ1) is 30.9. The van der Waals surface area contributed by atoms with Crippen molar-refractivity contribution in [3.05, 3.63) is 11.1 Å². The van der Waals surface area contributed by atoms with Crippen LogP contribution in [-0.4, -0.2) is 30.1 Å². The van der Waals surface area contributed by atoms with Crippen LogP contribution in [0.1, 0.15) is 120 Å². The Morgan fingerprint density at radius 2 is 1.51 bits per heavy atom. The molecule has 5 aliphatic carbocycles. The molecule has 0 saturated heterocycles. The minimum Gasteiger partial charge on any atom is -0.335 e. The molecule has 0 radical (unpaired) electrons. The number of rotatable bonds is 3.